The highest BCUT2D eigenvalue weighted by atomic mass is 19.4. The summed E-state index contributed by atoms with van der Waals surface area (Å²) in [4.78, 5) is 0.846. The standard InChI is InChI=1S/C7H11F6NO/c1-14(2)4-5(15,7(11,12)13)3-6(8,9)10/h15H,3-4H2,1-2H3. The zero-order valence-electron chi connectivity index (χ0n) is 8.08. The van der Waals surface area contributed by atoms with E-state index in [1.807, 2.05) is 0 Å². The van der Waals surface area contributed by atoms with Gasteiger partial charge in [0.25, 0.3) is 0 Å². The van der Waals surface area contributed by atoms with Crippen LogP contribution in [0.1, 0.15) is 6.42 Å². The fourth-order valence-corrected chi connectivity index (χ4v) is 1.10. The molecule has 0 aliphatic carbocycles. The highest BCUT2D eigenvalue weighted by Crippen LogP contribution is 2.39. The molecule has 1 atom stereocenters. The summed E-state index contributed by atoms with van der Waals surface area (Å²) in [6, 6.07) is 0. The lowest BCUT2D eigenvalue weighted by Crippen LogP contribution is -2.54. The van der Waals surface area contributed by atoms with Gasteiger partial charge in [0, 0.05) is 6.54 Å². The van der Waals surface area contributed by atoms with Crippen LogP contribution in [0, 0.1) is 0 Å². The normalized spacial score (nSPS) is 18.0. The molecule has 0 fully saturated rings. The fourth-order valence-electron chi connectivity index (χ4n) is 1.10. The van der Waals surface area contributed by atoms with Gasteiger partial charge in [-0.25, -0.2) is 0 Å². The highest BCUT2D eigenvalue weighted by molar-refractivity contribution is 4.90. The smallest absolute Gasteiger partial charge is 0.379 e. The molecule has 0 saturated carbocycles. The van der Waals surface area contributed by atoms with Gasteiger partial charge in [0.1, 0.15) is 0 Å². The number of rotatable bonds is 3. The third kappa shape index (κ3) is 4.70. The van der Waals surface area contributed by atoms with Gasteiger partial charge in [-0.05, 0) is 14.1 Å². The summed E-state index contributed by atoms with van der Waals surface area (Å²) in [5.74, 6) is 0. The molecular formula is C7H11F6NO. The molecule has 0 aromatic carbocycles. The van der Waals surface area contributed by atoms with Crippen LogP contribution in [0.4, 0.5) is 26.3 Å². The van der Waals surface area contributed by atoms with Crippen LogP contribution in [0.5, 0.6) is 0 Å². The van der Waals surface area contributed by atoms with E-state index in [1.54, 1.807) is 0 Å². The molecule has 8 heteroatoms. The second-order valence-electron chi connectivity index (χ2n) is 3.56. The Morgan fingerprint density at radius 1 is 1.00 bits per heavy atom. The van der Waals surface area contributed by atoms with Crippen molar-refractivity contribution in [3.63, 3.8) is 0 Å². The first-order valence-electron chi connectivity index (χ1n) is 3.88. The molecule has 0 aromatic rings. The lowest BCUT2D eigenvalue weighted by Gasteiger charge is -2.33. The molecule has 0 amide bonds. The Kier molecular flexibility index (Phi) is 4.03. The molecule has 0 saturated heterocycles. The Hall–Kier alpha value is -0.500. The maximum Gasteiger partial charge on any atom is 0.418 e. The number of hydrogen-bond donors (Lipinski definition) is 1. The number of halogens is 6. The summed E-state index contributed by atoms with van der Waals surface area (Å²) in [5, 5.41) is 8.97. The van der Waals surface area contributed by atoms with Crippen LogP contribution in [-0.4, -0.2) is 48.6 Å². The minimum Gasteiger partial charge on any atom is -0.379 e. The lowest BCUT2D eigenvalue weighted by atomic mass is 9.98. The van der Waals surface area contributed by atoms with Crippen LogP contribution in [-0.2, 0) is 0 Å². The maximum absolute atomic E-state index is 12.2. The molecule has 0 bridgehead atoms. The van der Waals surface area contributed by atoms with Crippen molar-refractivity contribution < 1.29 is 31.4 Å². The Labute approximate surface area is 82.5 Å². The van der Waals surface area contributed by atoms with Crippen LogP contribution in [0.15, 0.2) is 0 Å². The zero-order chi connectivity index (χ0) is 12.5. The van der Waals surface area contributed by atoms with Crippen LogP contribution in [0.2, 0.25) is 0 Å². The molecule has 0 spiro atoms. The van der Waals surface area contributed by atoms with E-state index < -0.39 is 30.9 Å². The van der Waals surface area contributed by atoms with Crippen molar-refractivity contribution in [2.24, 2.45) is 0 Å². The van der Waals surface area contributed by atoms with E-state index in [0.29, 0.717) is 0 Å². The van der Waals surface area contributed by atoms with E-state index in [0.717, 1.165) is 19.0 Å². The van der Waals surface area contributed by atoms with Gasteiger partial charge in [-0.15, -0.1) is 0 Å². The van der Waals surface area contributed by atoms with Crippen molar-refractivity contribution >= 4 is 0 Å². The first-order valence-corrected chi connectivity index (χ1v) is 3.88. The van der Waals surface area contributed by atoms with Crippen molar-refractivity contribution in [1.29, 1.82) is 0 Å². The van der Waals surface area contributed by atoms with E-state index in [9.17, 15) is 26.3 Å². The SMILES string of the molecule is CN(C)CC(O)(CC(F)(F)F)C(F)(F)F. The van der Waals surface area contributed by atoms with Crippen molar-refractivity contribution in [1.82, 2.24) is 4.90 Å². The number of aliphatic hydroxyl groups is 1. The van der Waals surface area contributed by atoms with E-state index in [2.05, 4.69) is 0 Å². The molecule has 0 aliphatic rings. The van der Waals surface area contributed by atoms with Crippen molar-refractivity contribution in [3.8, 4) is 0 Å². The zero-order valence-corrected chi connectivity index (χ0v) is 8.08. The molecular weight excluding hydrogens is 228 g/mol. The molecule has 1 unspecified atom stereocenters. The Morgan fingerprint density at radius 3 is 1.60 bits per heavy atom. The van der Waals surface area contributed by atoms with Gasteiger partial charge in [-0.1, -0.05) is 0 Å². The first kappa shape index (κ1) is 14.5. The summed E-state index contributed by atoms with van der Waals surface area (Å²) < 4.78 is 72.2. The minimum atomic E-state index is -5.31. The molecule has 0 aliphatic heterocycles. The lowest BCUT2D eigenvalue weighted by molar-refractivity contribution is -0.296. The summed E-state index contributed by atoms with van der Waals surface area (Å²) in [6.07, 6.45) is -12.7. The van der Waals surface area contributed by atoms with E-state index in [4.69, 9.17) is 5.11 Å². The first-order chi connectivity index (χ1) is 6.37. The van der Waals surface area contributed by atoms with Gasteiger partial charge in [0.05, 0.1) is 6.42 Å². The Balaban J connectivity index is 4.88. The predicted octanol–water partition coefficient (Wildman–Crippen LogP) is 1.79. The van der Waals surface area contributed by atoms with Crippen molar-refractivity contribution in [2.45, 2.75) is 24.4 Å². The van der Waals surface area contributed by atoms with E-state index in [1.165, 1.54) is 0 Å². The molecule has 15 heavy (non-hydrogen) atoms. The van der Waals surface area contributed by atoms with Gasteiger partial charge in [-0.3, -0.25) is 0 Å². The average Bonchev–Trinajstić information content (AvgIpc) is 1.75. The molecule has 0 rings (SSSR count). The number of nitrogens with zero attached hydrogens (tertiary/aromatic N) is 1. The summed E-state index contributed by atoms with van der Waals surface area (Å²) in [6.45, 7) is -1.13. The molecule has 0 heterocycles. The van der Waals surface area contributed by atoms with Crippen molar-refractivity contribution in [3.05, 3.63) is 0 Å². The Morgan fingerprint density at radius 2 is 1.40 bits per heavy atom. The maximum atomic E-state index is 12.2. The average molecular weight is 239 g/mol. The van der Waals surface area contributed by atoms with E-state index >= 15 is 0 Å². The molecule has 1 N–H and O–H groups in total. The summed E-state index contributed by atoms with van der Waals surface area (Å²) in [7, 11) is 2.29. The monoisotopic (exact) mass is 239 g/mol. The molecule has 92 valence electrons. The molecule has 0 aromatic heterocycles. The highest BCUT2D eigenvalue weighted by Gasteiger charge is 2.58. The second kappa shape index (κ2) is 4.17. The van der Waals surface area contributed by atoms with Crippen LogP contribution in [0.3, 0.4) is 0 Å². The second-order valence-corrected chi connectivity index (χ2v) is 3.56. The van der Waals surface area contributed by atoms with Gasteiger partial charge < -0.3 is 10.0 Å². The third-order valence-electron chi connectivity index (χ3n) is 1.60. The summed E-state index contributed by atoms with van der Waals surface area (Å²) >= 11 is 0. The number of alkyl halides is 6. The van der Waals surface area contributed by atoms with Crippen molar-refractivity contribution in [2.75, 3.05) is 20.6 Å². The molecule has 0 radical (unpaired) electrons. The minimum absolute atomic E-state index is 0.846. The molecule has 2 nitrogen and oxygen atoms in total. The van der Waals surface area contributed by atoms with Gasteiger partial charge in [0.15, 0.2) is 5.60 Å². The van der Waals surface area contributed by atoms with Gasteiger partial charge in [0.2, 0.25) is 0 Å². The topological polar surface area (TPSA) is 23.5 Å². The number of likely N-dealkylation sites (N-methyl/N-ethyl adjacent to an activating group) is 1. The third-order valence-corrected chi connectivity index (χ3v) is 1.60. The quantitative estimate of drug-likeness (QED) is 0.759. The van der Waals surface area contributed by atoms with E-state index in [-0.39, 0.29) is 0 Å². The largest absolute Gasteiger partial charge is 0.418 e. The summed E-state index contributed by atoms with van der Waals surface area (Å²) in [5.41, 5.74) is -3.76. The van der Waals surface area contributed by atoms with Crippen LogP contribution < -0.4 is 0 Å². The Bertz CT molecular complexity index is 211. The van der Waals surface area contributed by atoms with Gasteiger partial charge in [-0.2, -0.15) is 26.3 Å². The predicted molar refractivity (Wildman–Crippen MR) is 40.2 cm³/mol. The van der Waals surface area contributed by atoms with Gasteiger partial charge >= 0.3 is 12.4 Å². The van der Waals surface area contributed by atoms with Crippen LogP contribution >= 0.6 is 0 Å². The fraction of sp³-hybridized carbons (Fsp3) is 1.00. The van der Waals surface area contributed by atoms with Crippen LogP contribution in [0.25, 0.3) is 0 Å². The number of hydrogen-bond acceptors (Lipinski definition) is 2.